The van der Waals surface area contributed by atoms with Crippen molar-refractivity contribution in [3.63, 3.8) is 0 Å². The highest BCUT2D eigenvalue weighted by Gasteiger charge is 2.45. The summed E-state index contributed by atoms with van der Waals surface area (Å²) in [6.45, 7) is 11.4. The van der Waals surface area contributed by atoms with Crippen molar-refractivity contribution < 1.29 is 0 Å². The Morgan fingerprint density at radius 3 is 2.58 bits per heavy atom. The Labute approximate surface area is 122 Å². The molecule has 1 fully saturated rings. The highest BCUT2D eigenvalue weighted by molar-refractivity contribution is 7.09. The number of nitrogens with zero attached hydrogens (tertiary/aromatic N) is 1. The van der Waals surface area contributed by atoms with Gasteiger partial charge in [0, 0.05) is 17.1 Å². The molecule has 0 saturated heterocycles. The van der Waals surface area contributed by atoms with Crippen LogP contribution in [0.2, 0.25) is 0 Å². The SMILES string of the molecule is Cc1csc(C2(NC(C)C)CCCCC2C(C)C)n1. The zero-order chi connectivity index (χ0) is 14.0. The number of nitrogens with one attached hydrogen (secondary N) is 1. The first kappa shape index (κ1) is 15.0. The smallest absolute Gasteiger partial charge is 0.113 e. The van der Waals surface area contributed by atoms with E-state index < -0.39 is 0 Å². The summed E-state index contributed by atoms with van der Waals surface area (Å²) in [5.74, 6) is 1.41. The molecular formula is C16H28N2S. The topological polar surface area (TPSA) is 24.9 Å². The van der Waals surface area contributed by atoms with Gasteiger partial charge in [-0.1, -0.05) is 26.7 Å². The highest BCUT2D eigenvalue weighted by atomic mass is 32.1. The van der Waals surface area contributed by atoms with E-state index in [1.807, 2.05) is 11.3 Å². The zero-order valence-electron chi connectivity index (χ0n) is 13.0. The third kappa shape index (κ3) is 3.03. The van der Waals surface area contributed by atoms with E-state index in [-0.39, 0.29) is 5.54 Å². The van der Waals surface area contributed by atoms with Gasteiger partial charge in [0.05, 0.1) is 5.54 Å². The average molecular weight is 280 g/mol. The van der Waals surface area contributed by atoms with Crippen LogP contribution in [0.4, 0.5) is 0 Å². The molecule has 108 valence electrons. The monoisotopic (exact) mass is 280 g/mol. The van der Waals surface area contributed by atoms with Crippen LogP contribution in [0.5, 0.6) is 0 Å². The van der Waals surface area contributed by atoms with Gasteiger partial charge in [-0.05, 0) is 45.4 Å². The van der Waals surface area contributed by atoms with Gasteiger partial charge in [0.15, 0.2) is 0 Å². The summed E-state index contributed by atoms with van der Waals surface area (Å²) in [6, 6.07) is 0.503. The molecule has 1 aromatic rings. The van der Waals surface area contributed by atoms with E-state index >= 15 is 0 Å². The van der Waals surface area contributed by atoms with Gasteiger partial charge >= 0.3 is 0 Å². The molecule has 1 saturated carbocycles. The molecule has 0 radical (unpaired) electrons. The van der Waals surface area contributed by atoms with E-state index in [4.69, 9.17) is 4.98 Å². The van der Waals surface area contributed by atoms with E-state index in [0.717, 1.165) is 5.69 Å². The standard InChI is InChI=1S/C16H28N2S/c1-11(2)14-8-6-7-9-16(14,18-12(3)4)15-17-13(5)10-19-15/h10-12,14,18H,6-9H2,1-5H3. The fourth-order valence-electron chi connectivity index (χ4n) is 3.68. The van der Waals surface area contributed by atoms with Crippen molar-refractivity contribution in [3.8, 4) is 0 Å². The van der Waals surface area contributed by atoms with E-state index in [9.17, 15) is 0 Å². The molecule has 1 heterocycles. The molecule has 2 unspecified atom stereocenters. The summed E-state index contributed by atoms with van der Waals surface area (Å²) in [4.78, 5) is 4.85. The van der Waals surface area contributed by atoms with Crippen molar-refractivity contribution in [1.82, 2.24) is 10.3 Å². The van der Waals surface area contributed by atoms with Crippen molar-refractivity contribution in [2.75, 3.05) is 0 Å². The Balaban J connectivity index is 2.42. The first-order valence-electron chi connectivity index (χ1n) is 7.66. The molecule has 19 heavy (non-hydrogen) atoms. The maximum Gasteiger partial charge on any atom is 0.113 e. The Bertz CT molecular complexity index is 411. The molecule has 1 N–H and O–H groups in total. The summed E-state index contributed by atoms with van der Waals surface area (Å²) in [6.07, 6.45) is 5.26. The van der Waals surface area contributed by atoms with Crippen LogP contribution in [-0.4, -0.2) is 11.0 Å². The average Bonchev–Trinajstić information content (AvgIpc) is 2.75. The minimum absolute atomic E-state index is 0.111. The molecule has 2 rings (SSSR count). The fourth-order valence-corrected chi connectivity index (χ4v) is 4.74. The lowest BCUT2D eigenvalue weighted by Gasteiger charge is -2.47. The molecule has 0 aromatic carbocycles. The third-order valence-electron chi connectivity index (χ3n) is 4.32. The van der Waals surface area contributed by atoms with Crippen molar-refractivity contribution in [2.45, 2.75) is 71.9 Å². The highest BCUT2D eigenvalue weighted by Crippen LogP contribution is 2.46. The fraction of sp³-hybridized carbons (Fsp3) is 0.812. The van der Waals surface area contributed by atoms with Gasteiger partial charge in [-0.2, -0.15) is 0 Å². The number of thiazole rings is 1. The van der Waals surface area contributed by atoms with Gasteiger partial charge in [-0.3, -0.25) is 0 Å². The van der Waals surface area contributed by atoms with Crippen LogP contribution in [0, 0.1) is 18.8 Å². The van der Waals surface area contributed by atoms with Gasteiger partial charge in [0.1, 0.15) is 5.01 Å². The van der Waals surface area contributed by atoms with E-state index in [2.05, 4.69) is 45.3 Å². The molecule has 2 atom stereocenters. The Hall–Kier alpha value is -0.410. The van der Waals surface area contributed by atoms with Crippen LogP contribution in [-0.2, 0) is 5.54 Å². The van der Waals surface area contributed by atoms with Crippen LogP contribution in [0.25, 0.3) is 0 Å². The van der Waals surface area contributed by atoms with Gasteiger partial charge in [0.2, 0.25) is 0 Å². The van der Waals surface area contributed by atoms with Crippen LogP contribution >= 0.6 is 11.3 Å². The van der Waals surface area contributed by atoms with Crippen molar-refractivity contribution in [2.24, 2.45) is 11.8 Å². The Morgan fingerprint density at radius 1 is 1.32 bits per heavy atom. The molecule has 3 heteroatoms. The second kappa shape index (κ2) is 5.92. The minimum Gasteiger partial charge on any atom is -0.303 e. The molecule has 0 bridgehead atoms. The van der Waals surface area contributed by atoms with Gasteiger partial charge in [-0.15, -0.1) is 11.3 Å². The zero-order valence-corrected chi connectivity index (χ0v) is 13.8. The number of aromatic nitrogens is 1. The summed E-state index contributed by atoms with van der Waals surface area (Å²) in [5.41, 5.74) is 1.28. The van der Waals surface area contributed by atoms with E-state index in [1.54, 1.807) is 0 Å². The lowest BCUT2D eigenvalue weighted by molar-refractivity contribution is 0.0909. The summed E-state index contributed by atoms with van der Waals surface area (Å²) in [7, 11) is 0. The molecule has 2 nitrogen and oxygen atoms in total. The molecule has 0 amide bonds. The summed E-state index contributed by atoms with van der Waals surface area (Å²) < 4.78 is 0. The van der Waals surface area contributed by atoms with Gasteiger partial charge in [-0.25, -0.2) is 4.98 Å². The van der Waals surface area contributed by atoms with Crippen molar-refractivity contribution in [3.05, 3.63) is 16.1 Å². The van der Waals surface area contributed by atoms with E-state index in [1.165, 1.54) is 30.7 Å². The molecule has 1 aliphatic rings. The quantitative estimate of drug-likeness (QED) is 0.879. The second-order valence-electron chi connectivity index (χ2n) is 6.66. The number of aryl methyl sites for hydroxylation is 1. The van der Waals surface area contributed by atoms with Crippen molar-refractivity contribution >= 4 is 11.3 Å². The lowest BCUT2D eigenvalue weighted by Crippen LogP contribution is -2.54. The van der Waals surface area contributed by atoms with Crippen LogP contribution in [0.15, 0.2) is 5.38 Å². The summed E-state index contributed by atoms with van der Waals surface area (Å²) in [5, 5.41) is 7.42. The molecule has 1 aliphatic carbocycles. The van der Waals surface area contributed by atoms with E-state index in [0.29, 0.717) is 17.9 Å². The number of rotatable bonds is 4. The lowest BCUT2D eigenvalue weighted by atomic mass is 9.68. The van der Waals surface area contributed by atoms with Gasteiger partial charge < -0.3 is 5.32 Å². The van der Waals surface area contributed by atoms with Gasteiger partial charge in [0.25, 0.3) is 0 Å². The van der Waals surface area contributed by atoms with Crippen LogP contribution < -0.4 is 5.32 Å². The predicted molar refractivity (Wildman–Crippen MR) is 83.6 cm³/mol. The molecule has 1 aromatic heterocycles. The Morgan fingerprint density at radius 2 is 2.05 bits per heavy atom. The second-order valence-corrected chi connectivity index (χ2v) is 7.52. The maximum atomic E-state index is 4.85. The third-order valence-corrected chi connectivity index (χ3v) is 5.46. The number of hydrogen-bond acceptors (Lipinski definition) is 3. The molecular weight excluding hydrogens is 252 g/mol. The summed E-state index contributed by atoms with van der Waals surface area (Å²) >= 11 is 1.84. The minimum atomic E-state index is 0.111. The first-order chi connectivity index (χ1) is 8.95. The maximum absolute atomic E-state index is 4.85. The predicted octanol–water partition coefficient (Wildman–Crippen LogP) is 4.49. The largest absolute Gasteiger partial charge is 0.303 e. The normalized spacial score (nSPS) is 28.3. The van der Waals surface area contributed by atoms with Crippen LogP contribution in [0.1, 0.15) is 64.1 Å². The molecule has 0 aliphatic heterocycles. The number of hydrogen-bond donors (Lipinski definition) is 1. The first-order valence-corrected chi connectivity index (χ1v) is 8.54. The van der Waals surface area contributed by atoms with Crippen LogP contribution in [0.3, 0.4) is 0 Å². The van der Waals surface area contributed by atoms with Crippen molar-refractivity contribution in [1.29, 1.82) is 0 Å². The molecule has 0 spiro atoms. The Kier molecular flexibility index (Phi) is 4.67.